The van der Waals surface area contributed by atoms with E-state index in [2.05, 4.69) is 55.4 Å². The van der Waals surface area contributed by atoms with Crippen molar-refractivity contribution in [1.82, 2.24) is 9.78 Å². The molecule has 0 spiro atoms. The van der Waals surface area contributed by atoms with E-state index in [0.29, 0.717) is 24.9 Å². The first kappa shape index (κ1) is 22.0. The summed E-state index contributed by atoms with van der Waals surface area (Å²) < 4.78 is 8.37. The van der Waals surface area contributed by atoms with Crippen LogP contribution in [-0.2, 0) is 16.1 Å². The predicted molar refractivity (Wildman–Crippen MR) is 118 cm³/mol. The molecule has 0 radical (unpaired) electrons. The number of nitrogens with zero attached hydrogens (tertiary/aromatic N) is 2. The molecule has 1 aromatic carbocycles. The zero-order chi connectivity index (χ0) is 21.3. The Morgan fingerprint density at radius 1 is 1.23 bits per heavy atom. The maximum absolute atomic E-state index is 11.1. The van der Waals surface area contributed by atoms with Gasteiger partial charge >= 0.3 is 5.97 Å². The maximum Gasteiger partial charge on any atom is 0.303 e. The Hall–Kier alpha value is -2.66. The van der Waals surface area contributed by atoms with E-state index >= 15 is 0 Å². The number of ether oxygens (including phenoxy) is 1. The lowest BCUT2D eigenvalue weighted by atomic mass is 9.90. The Kier molecular flexibility index (Phi) is 8.03. The van der Waals surface area contributed by atoms with Gasteiger partial charge in [-0.05, 0) is 41.5 Å². The molecule has 1 heterocycles. The van der Waals surface area contributed by atoms with Gasteiger partial charge in [0.05, 0.1) is 19.3 Å². The predicted octanol–water partition coefficient (Wildman–Crippen LogP) is 5.22. The quantitative estimate of drug-likeness (QED) is 0.554. The van der Waals surface area contributed by atoms with Crippen LogP contribution in [0, 0.1) is 5.92 Å². The summed E-state index contributed by atoms with van der Waals surface area (Å²) in [6, 6.07) is 12.4. The van der Waals surface area contributed by atoms with Gasteiger partial charge in [-0.2, -0.15) is 5.10 Å². The molecular weight excluding hydrogens is 376 g/mol. The number of aromatic nitrogens is 2. The maximum atomic E-state index is 11.1. The standard InChI is InChI=1S/C25H32N2O3/c1-19(2)15-23(21-7-4-3-5-8-21)18-30-24-16-20(17-27-14-6-13-26-27)9-10-22(24)11-12-25(28)29/h3-10,13-14,19,23-24H,11-12,15-18H2,1-2H3,(H,28,29). The van der Waals surface area contributed by atoms with Gasteiger partial charge in [0.1, 0.15) is 0 Å². The minimum atomic E-state index is -0.775. The van der Waals surface area contributed by atoms with E-state index in [1.165, 1.54) is 11.1 Å². The first-order valence-corrected chi connectivity index (χ1v) is 10.8. The van der Waals surface area contributed by atoms with Crippen LogP contribution in [0.5, 0.6) is 0 Å². The smallest absolute Gasteiger partial charge is 0.303 e. The Balaban J connectivity index is 1.70. The second-order valence-electron chi connectivity index (χ2n) is 8.43. The molecule has 160 valence electrons. The topological polar surface area (TPSA) is 64.4 Å². The van der Waals surface area contributed by atoms with Gasteiger partial charge in [-0.3, -0.25) is 9.48 Å². The van der Waals surface area contributed by atoms with E-state index in [4.69, 9.17) is 9.84 Å². The SMILES string of the molecule is CC(C)CC(COC1CC(Cn2cccn2)=CC=C1CCC(=O)O)c1ccccc1. The number of rotatable bonds is 11. The molecule has 1 N–H and O–H groups in total. The van der Waals surface area contributed by atoms with Crippen LogP contribution in [-0.4, -0.2) is 33.6 Å². The summed E-state index contributed by atoms with van der Waals surface area (Å²) in [7, 11) is 0. The molecule has 1 aliphatic rings. The first-order valence-electron chi connectivity index (χ1n) is 10.8. The lowest BCUT2D eigenvalue weighted by molar-refractivity contribution is -0.137. The van der Waals surface area contributed by atoms with Crippen molar-refractivity contribution in [3.8, 4) is 0 Å². The third-order valence-corrected chi connectivity index (χ3v) is 5.47. The zero-order valence-corrected chi connectivity index (χ0v) is 17.9. The number of carboxylic acid groups (broad SMARTS) is 1. The Morgan fingerprint density at radius 3 is 2.70 bits per heavy atom. The fourth-order valence-electron chi connectivity index (χ4n) is 3.98. The molecule has 2 aromatic rings. The van der Waals surface area contributed by atoms with E-state index < -0.39 is 5.97 Å². The van der Waals surface area contributed by atoms with Gasteiger partial charge in [0, 0.05) is 31.2 Å². The fraction of sp³-hybridized carbons (Fsp3) is 0.440. The molecular formula is C25H32N2O3. The summed E-state index contributed by atoms with van der Waals surface area (Å²) in [4.78, 5) is 11.1. The van der Waals surface area contributed by atoms with Crippen LogP contribution >= 0.6 is 0 Å². The fourth-order valence-corrected chi connectivity index (χ4v) is 3.98. The van der Waals surface area contributed by atoms with Crippen LogP contribution < -0.4 is 0 Å². The van der Waals surface area contributed by atoms with E-state index in [9.17, 15) is 4.79 Å². The van der Waals surface area contributed by atoms with Gasteiger partial charge in [-0.15, -0.1) is 0 Å². The zero-order valence-electron chi connectivity index (χ0n) is 17.9. The highest BCUT2D eigenvalue weighted by Gasteiger charge is 2.23. The summed E-state index contributed by atoms with van der Waals surface area (Å²) in [5, 5.41) is 13.4. The Labute approximate surface area is 179 Å². The largest absolute Gasteiger partial charge is 0.481 e. The van der Waals surface area contributed by atoms with E-state index in [-0.39, 0.29) is 12.5 Å². The summed E-state index contributed by atoms with van der Waals surface area (Å²) in [6.07, 6.45) is 10.3. The number of carboxylic acids is 1. The van der Waals surface area contributed by atoms with Gasteiger partial charge < -0.3 is 9.84 Å². The van der Waals surface area contributed by atoms with Gasteiger partial charge in [0.15, 0.2) is 0 Å². The average Bonchev–Trinajstić information content (AvgIpc) is 3.23. The molecule has 30 heavy (non-hydrogen) atoms. The number of hydrogen-bond donors (Lipinski definition) is 1. The molecule has 0 amide bonds. The summed E-state index contributed by atoms with van der Waals surface area (Å²) in [5.74, 6) is 0.123. The summed E-state index contributed by atoms with van der Waals surface area (Å²) >= 11 is 0. The van der Waals surface area contributed by atoms with Crippen molar-refractivity contribution in [1.29, 1.82) is 0 Å². The summed E-state index contributed by atoms with van der Waals surface area (Å²) in [6.45, 7) is 5.83. The number of aliphatic carboxylic acids is 1. The molecule has 0 saturated carbocycles. The first-order chi connectivity index (χ1) is 14.5. The third-order valence-electron chi connectivity index (χ3n) is 5.47. The minimum Gasteiger partial charge on any atom is -0.481 e. The van der Waals surface area contributed by atoms with Crippen LogP contribution in [0.2, 0.25) is 0 Å². The van der Waals surface area contributed by atoms with Crippen LogP contribution in [0.25, 0.3) is 0 Å². The van der Waals surface area contributed by atoms with Gasteiger partial charge in [0.2, 0.25) is 0 Å². The number of benzene rings is 1. The van der Waals surface area contributed by atoms with Crippen molar-refractivity contribution in [3.05, 3.63) is 77.7 Å². The Bertz CT molecular complexity index is 854. The molecule has 5 nitrogen and oxygen atoms in total. The molecule has 1 aliphatic carbocycles. The molecule has 5 heteroatoms. The normalized spacial score (nSPS) is 17.5. The van der Waals surface area contributed by atoms with Crippen LogP contribution in [0.1, 0.15) is 51.0 Å². The minimum absolute atomic E-state index is 0.0849. The lowest BCUT2D eigenvalue weighted by Crippen LogP contribution is -2.24. The number of allylic oxidation sites excluding steroid dienone is 2. The molecule has 0 bridgehead atoms. The van der Waals surface area contributed by atoms with Crippen molar-refractivity contribution < 1.29 is 14.6 Å². The molecule has 0 aliphatic heterocycles. The van der Waals surface area contributed by atoms with Gasteiger partial charge in [0.25, 0.3) is 0 Å². The van der Waals surface area contributed by atoms with Crippen molar-refractivity contribution in [3.63, 3.8) is 0 Å². The second kappa shape index (κ2) is 10.9. The van der Waals surface area contributed by atoms with E-state index in [1.807, 2.05) is 23.0 Å². The molecule has 1 aromatic heterocycles. The van der Waals surface area contributed by atoms with Gasteiger partial charge in [-0.25, -0.2) is 0 Å². The average molecular weight is 409 g/mol. The van der Waals surface area contributed by atoms with Crippen LogP contribution in [0.15, 0.2) is 72.1 Å². The third kappa shape index (κ3) is 6.70. The molecule has 0 fully saturated rings. The molecule has 2 unspecified atom stereocenters. The highest BCUT2D eigenvalue weighted by Crippen LogP contribution is 2.30. The van der Waals surface area contributed by atoms with Crippen molar-refractivity contribution in [2.45, 2.75) is 58.1 Å². The summed E-state index contributed by atoms with van der Waals surface area (Å²) in [5.41, 5.74) is 3.60. The van der Waals surface area contributed by atoms with Crippen molar-refractivity contribution >= 4 is 5.97 Å². The lowest BCUT2D eigenvalue weighted by Gasteiger charge is -2.28. The second-order valence-corrected chi connectivity index (χ2v) is 8.43. The molecule has 2 atom stereocenters. The highest BCUT2D eigenvalue weighted by atomic mass is 16.5. The molecule has 0 saturated heterocycles. The monoisotopic (exact) mass is 408 g/mol. The van der Waals surface area contributed by atoms with Crippen molar-refractivity contribution in [2.75, 3.05) is 6.61 Å². The Morgan fingerprint density at radius 2 is 2.03 bits per heavy atom. The van der Waals surface area contributed by atoms with Crippen LogP contribution in [0.4, 0.5) is 0 Å². The van der Waals surface area contributed by atoms with E-state index in [1.54, 1.807) is 6.20 Å². The molecule has 3 rings (SSSR count). The highest BCUT2D eigenvalue weighted by molar-refractivity contribution is 5.67. The van der Waals surface area contributed by atoms with Gasteiger partial charge in [-0.1, -0.05) is 56.3 Å². The van der Waals surface area contributed by atoms with E-state index in [0.717, 1.165) is 25.0 Å². The number of hydrogen-bond acceptors (Lipinski definition) is 3. The number of carbonyl (C=O) groups is 1. The van der Waals surface area contributed by atoms with Crippen LogP contribution in [0.3, 0.4) is 0 Å². The van der Waals surface area contributed by atoms with Crippen molar-refractivity contribution in [2.24, 2.45) is 5.92 Å².